The molecule has 1 aromatic carbocycles. The summed E-state index contributed by atoms with van der Waals surface area (Å²) in [4.78, 5) is 63.9. The first-order valence-corrected chi connectivity index (χ1v) is 11.7. The summed E-state index contributed by atoms with van der Waals surface area (Å²) in [5.74, 6) is -4.88. The van der Waals surface area contributed by atoms with Crippen LogP contribution >= 0.6 is 0 Å². The molecule has 1 heterocycles. The van der Waals surface area contributed by atoms with Gasteiger partial charge in [0, 0.05) is 29.9 Å². The van der Waals surface area contributed by atoms with E-state index in [-0.39, 0.29) is 25.3 Å². The number of hydrogen-bond acceptors (Lipinski definition) is 6. The molecule has 196 valence electrons. The molecule has 0 bridgehead atoms. The molecular weight excluding hydrogens is 470 g/mol. The Labute approximate surface area is 208 Å². The zero-order valence-corrected chi connectivity index (χ0v) is 20.2. The van der Waals surface area contributed by atoms with Gasteiger partial charge in [-0.25, -0.2) is 4.79 Å². The maximum absolute atomic E-state index is 13.0. The Bertz CT molecular complexity index is 1100. The second-order valence-corrected chi connectivity index (χ2v) is 8.59. The lowest BCUT2D eigenvalue weighted by Gasteiger charge is -2.27. The molecule has 0 saturated heterocycles. The van der Waals surface area contributed by atoms with Crippen LogP contribution in [0, 0.1) is 5.92 Å². The molecule has 4 atom stereocenters. The lowest BCUT2D eigenvalue weighted by atomic mass is 9.97. The van der Waals surface area contributed by atoms with Crippen molar-refractivity contribution in [2.24, 2.45) is 11.7 Å². The Balaban J connectivity index is 2.21. The predicted octanol–water partition coefficient (Wildman–Crippen LogP) is 0.119. The summed E-state index contributed by atoms with van der Waals surface area (Å²) in [6.45, 7) is 3.21. The van der Waals surface area contributed by atoms with E-state index in [9.17, 15) is 29.1 Å². The fourth-order valence-corrected chi connectivity index (χ4v) is 3.73. The van der Waals surface area contributed by atoms with Crippen molar-refractivity contribution in [3.8, 4) is 0 Å². The number of carboxylic acids is 2. The average molecular weight is 504 g/mol. The third-order valence-corrected chi connectivity index (χ3v) is 5.99. The molecule has 0 aliphatic carbocycles. The Hall–Kier alpha value is -3.93. The highest BCUT2D eigenvalue weighted by molar-refractivity contribution is 5.94. The number of para-hydroxylation sites is 1. The molecule has 2 aromatic rings. The van der Waals surface area contributed by atoms with Gasteiger partial charge < -0.3 is 36.9 Å². The van der Waals surface area contributed by atoms with Gasteiger partial charge in [-0.2, -0.15) is 0 Å². The van der Waals surface area contributed by atoms with Gasteiger partial charge in [0.25, 0.3) is 0 Å². The standard InChI is InChI=1S/C24H33N5O7/c1-3-13(2)21(29-19(30)11-25)23(34)27-17(8-9-20(31)32)22(33)28-18(24(35)36)10-14-12-26-16-7-5-4-6-15(14)16/h4-7,12-13,17-18,21,26H,3,8-11,25H2,1-2H3,(H,27,34)(H,28,33)(H,29,30)(H,31,32)(H,35,36). The molecule has 3 amide bonds. The molecule has 0 aliphatic rings. The number of aromatic nitrogens is 1. The summed E-state index contributed by atoms with van der Waals surface area (Å²) >= 11 is 0. The zero-order valence-electron chi connectivity index (χ0n) is 20.2. The Morgan fingerprint density at radius 2 is 1.67 bits per heavy atom. The van der Waals surface area contributed by atoms with Crippen LogP contribution in [0.15, 0.2) is 30.5 Å². The predicted molar refractivity (Wildman–Crippen MR) is 131 cm³/mol. The van der Waals surface area contributed by atoms with E-state index in [0.29, 0.717) is 12.0 Å². The van der Waals surface area contributed by atoms with Crippen molar-refractivity contribution < 1.29 is 34.2 Å². The van der Waals surface area contributed by atoms with Crippen LogP contribution in [0.2, 0.25) is 0 Å². The SMILES string of the molecule is CCC(C)C(NC(=O)CN)C(=O)NC(CCC(=O)O)C(=O)NC(Cc1c[nH]c2ccccc12)C(=O)O. The van der Waals surface area contributed by atoms with Crippen LogP contribution in [0.4, 0.5) is 0 Å². The number of carbonyl (C=O) groups is 5. The molecule has 4 unspecified atom stereocenters. The normalized spacial score (nSPS) is 14.3. The summed E-state index contributed by atoms with van der Waals surface area (Å²) < 4.78 is 0. The number of aromatic amines is 1. The number of amides is 3. The number of aliphatic carboxylic acids is 2. The van der Waals surface area contributed by atoms with Crippen LogP contribution in [0.5, 0.6) is 0 Å². The fraction of sp³-hybridized carbons (Fsp3) is 0.458. The highest BCUT2D eigenvalue weighted by Gasteiger charge is 2.32. The Morgan fingerprint density at radius 1 is 1.00 bits per heavy atom. The average Bonchev–Trinajstić information content (AvgIpc) is 3.26. The van der Waals surface area contributed by atoms with Crippen LogP contribution in [0.3, 0.4) is 0 Å². The highest BCUT2D eigenvalue weighted by atomic mass is 16.4. The van der Waals surface area contributed by atoms with E-state index in [1.165, 1.54) is 0 Å². The first kappa shape index (κ1) is 28.3. The summed E-state index contributed by atoms with van der Waals surface area (Å²) in [6, 6.07) is 3.63. The third kappa shape index (κ3) is 7.80. The van der Waals surface area contributed by atoms with Crippen LogP contribution in [0.1, 0.15) is 38.7 Å². The summed E-state index contributed by atoms with van der Waals surface area (Å²) in [5, 5.41) is 27.0. The molecule has 2 rings (SSSR count). The van der Waals surface area contributed by atoms with Crippen LogP contribution in [-0.2, 0) is 30.4 Å². The number of carbonyl (C=O) groups excluding carboxylic acids is 3. The number of benzene rings is 1. The minimum Gasteiger partial charge on any atom is -0.481 e. The van der Waals surface area contributed by atoms with E-state index in [0.717, 1.165) is 10.9 Å². The third-order valence-electron chi connectivity index (χ3n) is 5.99. The number of rotatable bonds is 14. The molecule has 0 spiro atoms. The second-order valence-electron chi connectivity index (χ2n) is 8.59. The molecule has 0 saturated carbocycles. The molecule has 0 aliphatic heterocycles. The molecule has 36 heavy (non-hydrogen) atoms. The lowest BCUT2D eigenvalue weighted by Crippen LogP contribution is -2.57. The maximum atomic E-state index is 13.0. The smallest absolute Gasteiger partial charge is 0.326 e. The quantitative estimate of drug-likeness (QED) is 0.188. The fourth-order valence-electron chi connectivity index (χ4n) is 3.73. The van der Waals surface area contributed by atoms with Crippen molar-refractivity contribution in [3.05, 3.63) is 36.0 Å². The van der Waals surface area contributed by atoms with Crippen molar-refractivity contribution in [1.82, 2.24) is 20.9 Å². The minimum absolute atomic E-state index is 0.0350. The largest absolute Gasteiger partial charge is 0.481 e. The summed E-state index contributed by atoms with van der Waals surface area (Å²) in [6.07, 6.45) is 1.44. The number of hydrogen-bond donors (Lipinski definition) is 7. The van der Waals surface area contributed by atoms with Crippen molar-refractivity contribution >= 4 is 40.6 Å². The number of nitrogens with two attached hydrogens (primary N) is 1. The minimum atomic E-state index is -1.33. The van der Waals surface area contributed by atoms with Crippen molar-refractivity contribution in [2.45, 2.75) is 57.7 Å². The molecule has 0 fully saturated rings. The van der Waals surface area contributed by atoms with Gasteiger partial charge in [0.1, 0.15) is 18.1 Å². The number of nitrogens with one attached hydrogen (secondary N) is 4. The van der Waals surface area contributed by atoms with E-state index in [2.05, 4.69) is 20.9 Å². The highest BCUT2D eigenvalue weighted by Crippen LogP contribution is 2.19. The number of H-pyrrole nitrogens is 1. The lowest BCUT2D eigenvalue weighted by molar-refractivity contribution is -0.143. The van der Waals surface area contributed by atoms with Gasteiger partial charge >= 0.3 is 11.9 Å². The van der Waals surface area contributed by atoms with E-state index in [1.807, 2.05) is 31.2 Å². The van der Waals surface area contributed by atoms with E-state index in [1.54, 1.807) is 13.1 Å². The summed E-state index contributed by atoms with van der Waals surface area (Å²) in [5.41, 5.74) is 6.82. The molecule has 1 aromatic heterocycles. The first-order valence-electron chi connectivity index (χ1n) is 11.7. The van der Waals surface area contributed by atoms with Crippen molar-refractivity contribution in [1.29, 1.82) is 0 Å². The van der Waals surface area contributed by atoms with Gasteiger partial charge in [-0.05, 0) is 24.0 Å². The summed E-state index contributed by atoms with van der Waals surface area (Å²) in [7, 11) is 0. The Kier molecular flexibility index (Phi) is 10.4. The van der Waals surface area contributed by atoms with E-state index < -0.39 is 54.2 Å². The van der Waals surface area contributed by atoms with Gasteiger partial charge in [-0.15, -0.1) is 0 Å². The first-order chi connectivity index (χ1) is 17.1. The van der Waals surface area contributed by atoms with Gasteiger partial charge in [-0.3, -0.25) is 19.2 Å². The van der Waals surface area contributed by atoms with Gasteiger partial charge in [-0.1, -0.05) is 38.5 Å². The number of fused-ring (bicyclic) bond motifs is 1. The van der Waals surface area contributed by atoms with Crippen LogP contribution in [-0.4, -0.2) is 69.5 Å². The van der Waals surface area contributed by atoms with Crippen molar-refractivity contribution in [3.63, 3.8) is 0 Å². The second kappa shape index (κ2) is 13.2. The van der Waals surface area contributed by atoms with E-state index in [4.69, 9.17) is 10.8 Å². The molecular formula is C24H33N5O7. The maximum Gasteiger partial charge on any atom is 0.326 e. The van der Waals surface area contributed by atoms with E-state index >= 15 is 0 Å². The van der Waals surface area contributed by atoms with Crippen LogP contribution < -0.4 is 21.7 Å². The molecule has 12 heteroatoms. The molecule has 8 N–H and O–H groups in total. The molecule has 12 nitrogen and oxygen atoms in total. The zero-order chi connectivity index (χ0) is 26.8. The topological polar surface area (TPSA) is 204 Å². The van der Waals surface area contributed by atoms with Crippen LogP contribution in [0.25, 0.3) is 10.9 Å². The van der Waals surface area contributed by atoms with Crippen molar-refractivity contribution in [2.75, 3.05) is 6.54 Å². The van der Waals surface area contributed by atoms with Gasteiger partial charge in [0.2, 0.25) is 17.7 Å². The Morgan fingerprint density at radius 3 is 2.28 bits per heavy atom. The number of carboxylic acid groups (broad SMARTS) is 2. The monoisotopic (exact) mass is 503 g/mol. The van der Waals surface area contributed by atoms with Gasteiger partial charge in [0.05, 0.1) is 6.54 Å². The van der Waals surface area contributed by atoms with Gasteiger partial charge in [0.15, 0.2) is 0 Å². The molecule has 0 radical (unpaired) electrons.